The summed E-state index contributed by atoms with van der Waals surface area (Å²) in [7, 11) is 0. The molecule has 3 rings (SSSR count). The lowest BCUT2D eigenvalue weighted by atomic mass is 9.79. The van der Waals surface area contributed by atoms with Crippen LogP contribution in [0.25, 0.3) is 0 Å². The van der Waals surface area contributed by atoms with Gasteiger partial charge in [0.15, 0.2) is 23.3 Å². The zero-order valence-corrected chi connectivity index (χ0v) is 13.1. The Labute approximate surface area is 133 Å². The summed E-state index contributed by atoms with van der Waals surface area (Å²) >= 11 is 0. The third-order valence-corrected chi connectivity index (χ3v) is 5.08. The molecule has 1 N–H and O–H groups in total. The second-order valence-corrected chi connectivity index (χ2v) is 6.51. The molecule has 2 nitrogen and oxygen atoms in total. The highest BCUT2D eigenvalue weighted by atomic mass is 19.2. The maximum absolute atomic E-state index is 14.4. The van der Waals surface area contributed by atoms with Crippen LogP contribution < -0.4 is 5.32 Å². The van der Waals surface area contributed by atoms with Crippen molar-refractivity contribution in [2.75, 3.05) is 26.2 Å². The van der Waals surface area contributed by atoms with Crippen LogP contribution in [0.15, 0.2) is 6.07 Å². The second-order valence-electron chi connectivity index (χ2n) is 6.51. The van der Waals surface area contributed by atoms with Crippen LogP contribution >= 0.6 is 0 Å². The van der Waals surface area contributed by atoms with E-state index in [4.69, 9.17) is 0 Å². The Morgan fingerprint density at radius 3 is 2.04 bits per heavy atom. The van der Waals surface area contributed by atoms with E-state index >= 15 is 0 Å². The zero-order chi connectivity index (χ0) is 16.4. The Balaban J connectivity index is 2.03. The van der Waals surface area contributed by atoms with E-state index in [-0.39, 0.29) is 5.92 Å². The van der Waals surface area contributed by atoms with E-state index in [0.29, 0.717) is 32.2 Å². The Morgan fingerprint density at radius 1 is 0.913 bits per heavy atom. The SMILES string of the molecule is Fc1cc(F)c(F)c([C@@H](C2CCCCC2)N2CCNCC2)c1F. The van der Waals surface area contributed by atoms with Crippen LogP contribution in [-0.4, -0.2) is 31.1 Å². The molecule has 1 heterocycles. The standard InChI is InChI=1S/C17H22F4N2/c18-12-10-13(19)16(21)14(15(12)20)17(11-4-2-1-3-5-11)23-8-6-22-7-9-23/h10-11,17,22H,1-9H2/t17-/m1/s1. The number of rotatable bonds is 3. The normalized spacial score (nSPS) is 22.3. The molecule has 1 aliphatic carbocycles. The van der Waals surface area contributed by atoms with Crippen LogP contribution in [0.4, 0.5) is 17.6 Å². The van der Waals surface area contributed by atoms with Gasteiger partial charge in [0, 0.05) is 43.9 Å². The summed E-state index contributed by atoms with van der Waals surface area (Å²) in [6, 6.07) is -0.299. The monoisotopic (exact) mass is 330 g/mol. The molecule has 1 atom stereocenters. The first-order chi connectivity index (χ1) is 11.1. The molecule has 6 heteroatoms. The molecule has 23 heavy (non-hydrogen) atoms. The summed E-state index contributed by atoms with van der Waals surface area (Å²) in [4.78, 5) is 1.98. The minimum absolute atomic E-state index is 0.0343. The highest BCUT2D eigenvalue weighted by Gasteiger charge is 2.36. The van der Waals surface area contributed by atoms with Crippen LogP contribution in [-0.2, 0) is 0 Å². The molecule has 0 unspecified atom stereocenters. The number of halogens is 4. The largest absolute Gasteiger partial charge is 0.314 e. The van der Waals surface area contributed by atoms with Crippen molar-refractivity contribution in [1.29, 1.82) is 0 Å². The van der Waals surface area contributed by atoms with E-state index < -0.39 is 34.9 Å². The third kappa shape index (κ3) is 3.38. The highest BCUT2D eigenvalue weighted by molar-refractivity contribution is 5.27. The number of benzene rings is 1. The zero-order valence-electron chi connectivity index (χ0n) is 13.1. The first-order valence-electron chi connectivity index (χ1n) is 8.37. The molecule has 0 amide bonds. The Kier molecular flexibility index (Phi) is 5.21. The summed E-state index contributed by atoms with van der Waals surface area (Å²) in [6.07, 6.45) is 4.77. The molecule has 0 aromatic heterocycles. The Hall–Kier alpha value is -1.14. The van der Waals surface area contributed by atoms with Gasteiger partial charge >= 0.3 is 0 Å². The number of nitrogens with one attached hydrogen (secondary N) is 1. The molecule has 1 aromatic carbocycles. The van der Waals surface area contributed by atoms with Crippen molar-refractivity contribution >= 4 is 0 Å². The van der Waals surface area contributed by atoms with Gasteiger partial charge in [-0.25, -0.2) is 17.6 Å². The number of hydrogen-bond acceptors (Lipinski definition) is 2. The fourth-order valence-electron chi connectivity index (χ4n) is 3.98. The molecular weight excluding hydrogens is 308 g/mol. The lowest BCUT2D eigenvalue weighted by Crippen LogP contribution is -2.47. The van der Waals surface area contributed by atoms with E-state index in [1.807, 2.05) is 4.90 Å². The van der Waals surface area contributed by atoms with Crippen LogP contribution in [0.2, 0.25) is 0 Å². The van der Waals surface area contributed by atoms with Gasteiger partial charge in [-0.2, -0.15) is 0 Å². The maximum atomic E-state index is 14.4. The summed E-state index contributed by atoms with van der Waals surface area (Å²) < 4.78 is 56.2. The third-order valence-electron chi connectivity index (χ3n) is 5.08. The average Bonchev–Trinajstić information content (AvgIpc) is 2.58. The molecule has 0 bridgehead atoms. The van der Waals surface area contributed by atoms with Crippen LogP contribution in [0.1, 0.15) is 43.7 Å². The second kappa shape index (κ2) is 7.18. The molecule has 0 spiro atoms. The van der Waals surface area contributed by atoms with Crippen molar-refractivity contribution in [3.63, 3.8) is 0 Å². The van der Waals surface area contributed by atoms with E-state index in [1.54, 1.807) is 0 Å². The smallest absolute Gasteiger partial charge is 0.166 e. The highest BCUT2D eigenvalue weighted by Crippen LogP contribution is 2.41. The number of piperazine rings is 1. The van der Waals surface area contributed by atoms with Crippen LogP contribution in [0.3, 0.4) is 0 Å². The maximum Gasteiger partial charge on any atom is 0.166 e. The minimum atomic E-state index is -1.31. The van der Waals surface area contributed by atoms with Gasteiger partial charge in [0.25, 0.3) is 0 Å². The van der Waals surface area contributed by atoms with Gasteiger partial charge in [-0.3, -0.25) is 4.90 Å². The quantitative estimate of drug-likeness (QED) is 0.670. The van der Waals surface area contributed by atoms with Crippen LogP contribution in [0, 0.1) is 29.2 Å². The van der Waals surface area contributed by atoms with Gasteiger partial charge in [-0.1, -0.05) is 19.3 Å². The Morgan fingerprint density at radius 2 is 1.48 bits per heavy atom. The molecule has 0 radical (unpaired) electrons. The lowest BCUT2D eigenvalue weighted by molar-refractivity contribution is 0.0962. The molecule has 1 aliphatic heterocycles. The van der Waals surface area contributed by atoms with E-state index in [0.717, 1.165) is 32.1 Å². The lowest BCUT2D eigenvalue weighted by Gasteiger charge is -2.41. The summed E-state index contributed by atoms with van der Waals surface area (Å²) in [5.41, 5.74) is -0.420. The van der Waals surface area contributed by atoms with E-state index in [2.05, 4.69) is 5.32 Å². The summed E-state index contributed by atoms with van der Waals surface area (Å²) in [6.45, 7) is 2.67. The van der Waals surface area contributed by atoms with Gasteiger partial charge in [-0.15, -0.1) is 0 Å². The van der Waals surface area contributed by atoms with Gasteiger partial charge in [0.2, 0.25) is 0 Å². The van der Waals surface area contributed by atoms with Crippen molar-refractivity contribution in [3.8, 4) is 0 Å². The molecule has 1 aromatic rings. The van der Waals surface area contributed by atoms with Gasteiger partial charge in [-0.05, 0) is 18.8 Å². The van der Waals surface area contributed by atoms with Gasteiger partial charge in [0.05, 0.1) is 0 Å². The van der Waals surface area contributed by atoms with E-state index in [9.17, 15) is 17.6 Å². The molecule has 1 saturated carbocycles. The summed E-state index contributed by atoms with van der Waals surface area (Å²) in [5, 5.41) is 3.20. The molecule has 2 aliphatic rings. The predicted molar refractivity (Wildman–Crippen MR) is 80.0 cm³/mol. The molecule has 2 fully saturated rings. The van der Waals surface area contributed by atoms with Gasteiger partial charge < -0.3 is 5.32 Å². The molecule has 1 saturated heterocycles. The van der Waals surface area contributed by atoms with Crippen molar-refractivity contribution in [1.82, 2.24) is 10.2 Å². The molecule has 128 valence electrons. The first-order valence-corrected chi connectivity index (χ1v) is 8.37. The number of hydrogen-bond donors (Lipinski definition) is 1. The minimum Gasteiger partial charge on any atom is -0.314 e. The van der Waals surface area contributed by atoms with Gasteiger partial charge in [0.1, 0.15) is 0 Å². The van der Waals surface area contributed by atoms with Crippen molar-refractivity contribution in [2.24, 2.45) is 5.92 Å². The molecular formula is C17H22F4N2. The van der Waals surface area contributed by atoms with Crippen molar-refractivity contribution < 1.29 is 17.6 Å². The number of nitrogens with zero attached hydrogens (tertiary/aromatic N) is 1. The van der Waals surface area contributed by atoms with E-state index in [1.165, 1.54) is 0 Å². The topological polar surface area (TPSA) is 15.3 Å². The van der Waals surface area contributed by atoms with Crippen molar-refractivity contribution in [3.05, 3.63) is 34.9 Å². The Bertz CT molecular complexity index is 508. The fourth-order valence-corrected chi connectivity index (χ4v) is 3.98. The summed E-state index contributed by atoms with van der Waals surface area (Å²) in [5.74, 6) is -5.06. The fraction of sp³-hybridized carbons (Fsp3) is 0.647. The van der Waals surface area contributed by atoms with Crippen molar-refractivity contribution in [2.45, 2.75) is 38.1 Å². The first kappa shape index (κ1) is 16.7. The predicted octanol–water partition coefficient (Wildman–Crippen LogP) is 3.77. The average molecular weight is 330 g/mol. The van der Waals surface area contributed by atoms with Crippen LogP contribution in [0.5, 0.6) is 0 Å².